The van der Waals surface area contributed by atoms with Gasteiger partial charge < -0.3 is 0 Å². The molecule has 4 heteroatoms. The van der Waals surface area contributed by atoms with Crippen LogP contribution in [0, 0.1) is 19.3 Å². The molecule has 0 amide bonds. The predicted octanol–water partition coefficient (Wildman–Crippen LogP) is 2.63. The van der Waals surface area contributed by atoms with Gasteiger partial charge >= 0.3 is 0 Å². The number of aromatic nitrogens is 3. The number of hydrogen-bond donors (Lipinski definition) is 1. The van der Waals surface area contributed by atoms with Gasteiger partial charge in [0.05, 0.1) is 0 Å². The van der Waals surface area contributed by atoms with Crippen LogP contribution >= 0.6 is 12.6 Å². The summed E-state index contributed by atoms with van der Waals surface area (Å²) < 4.78 is 2.01. The monoisotopic (exact) mass is 227 g/mol. The Bertz CT molecular complexity index is 307. The zero-order valence-corrected chi connectivity index (χ0v) is 11.0. The van der Waals surface area contributed by atoms with Gasteiger partial charge in [0.2, 0.25) is 0 Å². The van der Waals surface area contributed by atoms with Crippen molar-refractivity contribution in [2.24, 2.45) is 5.41 Å². The van der Waals surface area contributed by atoms with E-state index in [1.807, 2.05) is 18.5 Å². The average Bonchev–Trinajstić information content (AvgIpc) is 2.54. The van der Waals surface area contributed by atoms with Crippen LogP contribution < -0.4 is 0 Å². The maximum absolute atomic E-state index is 4.47. The Morgan fingerprint density at radius 3 is 2.20 bits per heavy atom. The molecular weight excluding hydrogens is 206 g/mol. The summed E-state index contributed by atoms with van der Waals surface area (Å²) in [6.45, 7) is 9.31. The van der Waals surface area contributed by atoms with E-state index in [2.05, 4.69) is 36.6 Å². The van der Waals surface area contributed by atoms with E-state index >= 15 is 0 Å². The Kier molecular flexibility index (Phi) is 4.20. The number of nitrogens with zero attached hydrogens (tertiary/aromatic N) is 3. The summed E-state index contributed by atoms with van der Waals surface area (Å²) in [5.74, 6) is 2.76. The van der Waals surface area contributed by atoms with Crippen LogP contribution in [0.2, 0.25) is 0 Å². The molecule has 15 heavy (non-hydrogen) atoms. The van der Waals surface area contributed by atoms with Crippen molar-refractivity contribution in [1.82, 2.24) is 14.8 Å². The third-order valence-corrected chi connectivity index (χ3v) is 3.95. The molecule has 0 unspecified atom stereocenters. The summed E-state index contributed by atoms with van der Waals surface area (Å²) in [4.78, 5) is 4.33. The Balaban J connectivity index is 2.87. The quantitative estimate of drug-likeness (QED) is 0.784. The highest BCUT2D eigenvalue weighted by Crippen LogP contribution is 2.29. The number of rotatable bonds is 5. The third kappa shape index (κ3) is 2.74. The molecule has 0 saturated heterocycles. The number of thiol groups is 1. The van der Waals surface area contributed by atoms with Gasteiger partial charge in [-0.15, -0.1) is 0 Å². The summed E-state index contributed by atoms with van der Waals surface area (Å²) in [5.41, 5.74) is 0.258. The van der Waals surface area contributed by atoms with Crippen LogP contribution in [0.25, 0.3) is 0 Å². The smallest absolute Gasteiger partial charge is 0.147 e. The van der Waals surface area contributed by atoms with Crippen LogP contribution in [-0.4, -0.2) is 20.5 Å². The molecule has 86 valence electrons. The van der Waals surface area contributed by atoms with E-state index in [1.165, 1.54) is 0 Å². The zero-order valence-electron chi connectivity index (χ0n) is 10.1. The van der Waals surface area contributed by atoms with E-state index in [-0.39, 0.29) is 5.41 Å². The number of hydrogen-bond acceptors (Lipinski definition) is 3. The third-order valence-electron chi connectivity index (χ3n) is 3.28. The summed E-state index contributed by atoms with van der Waals surface area (Å²) in [7, 11) is 0. The lowest BCUT2D eigenvalue weighted by Crippen LogP contribution is -2.28. The van der Waals surface area contributed by atoms with Gasteiger partial charge in [0.1, 0.15) is 11.6 Å². The molecule has 0 aromatic carbocycles. The Labute approximate surface area is 97.7 Å². The van der Waals surface area contributed by atoms with Crippen molar-refractivity contribution in [3.8, 4) is 0 Å². The fraction of sp³-hybridized carbons (Fsp3) is 0.818. The van der Waals surface area contributed by atoms with E-state index in [1.54, 1.807) is 0 Å². The molecule has 1 aromatic heterocycles. The van der Waals surface area contributed by atoms with E-state index in [4.69, 9.17) is 0 Å². The van der Waals surface area contributed by atoms with Crippen LogP contribution in [0.3, 0.4) is 0 Å². The molecule has 0 fully saturated rings. The molecule has 0 bridgehead atoms. The summed E-state index contributed by atoms with van der Waals surface area (Å²) in [5, 5.41) is 4.41. The second kappa shape index (κ2) is 5.01. The molecule has 0 aliphatic heterocycles. The van der Waals surface area contributed by atoms with Gasteiger partial charge in [-0.3, -0.25) is 0 Å². The predicted molar refractivity (Wildman–Crippen MR) is 66.4 cm³/mol. The highest BCUT2D eigenvalue weighted by atomic mass is 32.1. The molecular formula is C11H21N3S. The molecule has 1 rings (SSSR count). The average molecular weight is 227 g/mol. The van der Waals surface area contributed by atoms with Gasteiger partial charge in [0.15, 0.2) is 0 Å². The molecule has 0 spiro atoms. The normalized spacial score (nSPS) is 12.1. The SMILES string of the molecule is CCC(CC)(CS)Cn1nc(C)nc1C. The van der Waals surface area contributed by atoms with Crippen molar-refractivity contribution >= 4 is 12.6 Å². The lowest BCUT2D eigenvalue weighted by atomic mass is 9.84. The van der Waals surface area contributed by atoms with Crippen molar-refractivity contribution in [1.29, 1.82) is 0 Å². The zero-order chi connectivity index (χ0) is 11.5. The van der Waals surface area contributed by atoms with Crippen molar-refractivity contribution in [3.63, 3.8) is 0 Å². The van der Waals surface area contributed by atoms with Crippen LogP contribution in [-0.2, 0) is 6.54 Å². The molecule has 0 aliphatic rings. The fourth-order valence-electron chi connectivity index (χ4n) is 1.78. The van der Waals surface area contributed by atoms with Gasteiger partial charge in [-0.25, -0.2) is 9.67 Å². The van der Waals surface area contributed by atoms with Crippen molar-refractivity contribution in [2.45, 2.75) is 47.1 Å². The number of aryl methyl sites for hydroxylation is 2. The van der Waals surface area contributed by atoms with Gasteiger partial charge in [-0.2, -0.15) is 17.7 Å². The molecule has 0 atom stereocenters. The molecule has 0 aliphatic carbocycles. The van der Waals surface area contributed by atoms with E-state index in [0.29, 0.717) is 0 Å². The van der Waals surface area contributed by atoms with Crippen molar-refractivity contribution in [2.75, 3.05) is 5.75 Å². The van der Waals surface area contributed by atoms with Crippen molar-refractivity contribution < 1.29 is 0 Å². The van der Waals surface area contributed by atoms with Crippen LogP contribution in [0.5, 0.6) is 0 Å². The van der Waals surface area contributed by atoms with Crippen LogP contribution in [0.1, 0.15) is 38.3 Å². The van der Waals surface area contributed by atoms with Gasteiger partial charge in [0, 0.05) is 6.54 Å². The molecule has 1 aromatic rings. The highest BCUT2D eigenvalue weighted by Gasteiger charge is 2.26. The highest BCUT2D eigenvalue weighted by molar-refractivity contribution is 7.80. The minimum Gasteiger partial charge on any atom is -0.250 e. The standard InChI is InChI=1S/C11H21N3S/c1-5-11(6-2,8-15)7-14-10(4)12-9(3)13-14/h15H,5-8H2,1-4H3. The lowest BCUT2D eigenvalue weighted by molar-refractivity contribution is 0.243. The Morgan fingerprint density at radius 2 is 1.87 bits per heavy atom. The van der Waals surface area contributed by atoms with Crippen LogP contribution in [0.4, 0.5) is 0 Å². The molecule has 3 nitrogen and oxygen atoms in total. The first-order valence-electron chi connectivity index (χ1n) is 5.56. The summed E-state index contributed by atoms with van der Waals surface area (Å²) in [6.07, 6.45) is 2.26. The molecule has 0 saturated carbocycles. The minimum absolute atomic E-state index is 0.258. The maximum Gasteiger partial charge on any atom is 0.147 e. The van der Waals surface area contributed by atoms with Crippen LogP contribution in [0.15, 0.2) is 0 Å². The maximum atomic E-state index is 4.47. The Hall–Kier alpha value is -0.510. The lowest BCUT2D eigenvalue weighted by Gasteiger charge is -2.29. The fourth-order valence-corrected chi connectivity index (χ4v) is 2.32. The molecule has 1 heterocycles. The first-order valence-corrected chi connectivity index (χ1v) is 6.19. The topological polar surface area (TPSA) is 30.7 Å². The van der Waals surface area contributed by atoms with Crippen molar-refractivity contribution in [3.05, 3.63) is 11.6 Å². The van der Waals surface area contributed by atoms with E-state index in [9.17, 15) is 0 Å². The van der Waals surface area contributed by atoms with Gasteiger partial charge in [-0.1, -0.05) is 13.8 Å². The molecule has 0 N–H and O–H groups in total. The van der Waals surface area contributed by atoms with E-state index < -0.39 is 0 Å². The summed E-state index contributed by atoms with van der Waals surface area (Å²) in [6, 6.07) is 0. The largest absolute Gasteiger partial charge is 0.250 e. The molecule has 0 radical (unpaired) electrons. The second-order valence-corrected chi connectivity index (χ2v) is 4.55. The van der Waals surface area contributed by atoms with E-state index in [0.717, 1.165) is 36.8 Å². The van der Waals surface area contributed by atoms with Gasteiger partial charge in [0.25, 0.3) is 0 Å². The summed E-state index contributed by atoms with van der Waals surface area (Å²) >= 11 is 4.47. The first-order chi connectivity index (χ1) is 7.06. The second-order valence-electron chi connectivity index (χ2n) is 4.23. The van der Waals surface area contributed by atoms with Gasteiger partial charge in [-0.05, 0) is 37.9 Å². The Morgan fingerprint density at radius 1 is 1.27 bits per heavy atom. The first kappa shape index (κ1) is 12.6. The minimum atomic E-state index is 0.258.